The van der Waals surface area contributed by atoms with Gasteiger partial charge in [0.1, 0.15) is 10.4 Å². The summed E-state index contributed by atoms with van der Waals surface area (Å²) in [6.07, 6.45) is 0. The SMILES string of the molecule is Cl.Cl.O=c1[nH]c2ccccc2c2c(-c3ccc(O)cc3)csc12. The Bertz CT molecular complexity index is 1020. The van der Waals surface area contributed by atoms with E-state index in [1.807, 2.05) is 41.8 Å². The van der Waals surface area contributed by atoms with E-state index in [0.29, 0.717) is 0 Å². The number of fused-ring (bicyclic) bond motifs is 3. The average Bonchev–Trinajstić information content (AvgIpc) is 2.94. The highest BCUT2D eigenvalue weighted by atomic mass is 35.5. The molecule has 2 aromatic heterocycles. The van der Waals surface area contributed by atoms with E-state index in [-0.39, 0.29) is 36.1 Å². The summed E-state index contributed by atoms with van der Waals surface area (Å²) >= 11 is 1.45. The summed E-state index contributed by atoms with van der Waals surface area (Å²) in [5.74, 6) is 0.237. The Morgan fingerprint density at radius 2 is 1.65 bits per heavy atom. The van der Waals surface area contributed by atoms with Gasteiger partial charge in [-0.1, -0.05) is 30.3 Å². The van der Waals surface area contributed by atoms with Gasteiger partial charge in [0.15, 0.2) is 0 Å². The summed E-state index contributed by atoms with van der Waals surface area (Å²) < 4.78 is 0.733. The molecule has 2 N–H and O–H groups in total. The van der Waals surface area contributed by atoms with E-state index in [4.69, 9.17) is 0 Å². The Balaban J connectivity index is 0.000000960. The molecule has 0 aliphatic rings. The lowest BCUT2D eigenvalue weighted by atomic mass is 10.0. The highest BCUT2D eigenvalue weighted by Crippen LogP contribution is 2.36. The van der Waals surface area contributed by atoms with Crippen molar-refractivity contribution >= 4 is 57.1 Å². The number of benzene rings is 2. The Labute approximate surface area is 148 Å². The Hall–Kier alpha value is -2.01. The molecule has 0 aliphatic heterocycles. The predicted molar refractivity (Wildman–Crippen MR) is 102 cm³/mol. The van der Waals surface area contributed by atoms with E-state index in [1.54, 1.807) is 12.1 Å². The normalized spacial score (nSPS) is 10.3. The number of H-pyrrole nitrogens is 1. The van der Waals surface area contributed by atoms with Crippen molar-refractivity contribution in [3.05, 3.63) is 64.3 Å². The van der Waals surface area contributed by atoms with Crippen molar-refractivity contribution in [2.24, 2.45) is 0 Å². The minimum Gasteiger partial charge on any atom is -0.508 e. The molecular formula is C17H13Cl2NO2S. The topological polar surface area (TPSA) is 53.1 Å². The number of nitrogens with one attached hydrogen (secondary N) is 1. The standard InChI is InChI=1S/C17H11NO2S.2ClH/c19-11-7-5-10(6-8-11)13-9-21-16-15(13)12-3-1-2-4-14(12)18-17(16)20;;/h1-9,19H,(H,18,20);2*1H. The van der Waals surface area contributed by atoms with Gasteiger partial charge in [0.25, 0.3) is 5.56 Å². The molecule has 0 unspecified atom stereocenters. The van der Waals surface area contributed by atoms with Crippen molar-refractivity contribution in [3.63, 3.8) is 0 Å². The molecule has 2 aromatic carbocycles. The lowest BCUT2D eigenvalue weighted by Crippen LogP contribution is -2.04. The molecule has 0 bridgehead atoms. The van der Waals surface area contributed by atoms with Crippen LogP contribution in [-0.2, 0) is 0 Å². The molecule has 0 spiro atoms. The summed E-state index contributed by atoms with van der Waals surface area (Å²) in [4.78, 5) is 15.1. The van der Waals surface area contributed by atoms with Crippen LogP contribution in [0, 0.1) is 0 Å². The Morgan fingerprint density at radius 3 is 2.39 bits per heavy atom. The molecule has 0 radical (unpaired) electrons. The van der Waals surface area contributed by atoms with E-state index in [0.717, 1.165) is 32.1 Å². The second-order valence-electron chi connectivity index (χ2n) is 4.90. The van der Waals surface area contributed by atoms with Crippen LogP contribution in [0.25, 0.3) is 32.1 Å². The quantitative estimate of drug-likeness (QED) is 0.500. The molecule has 2 heterocycles. The summed E-state index contributed by atoms with van der Waals surface area (Å²) in [5.41, 5.74) is 2.80. The highest BCUT2D eigenvalue weighted by Gasteiger charge is 2.13. The van der Waals surface area contributed by atoms with E-state index in [1.165, 1.54) is 11.3 Å². The number of aromatic nitrogens is 1. The van der Waals surface area contributed by atoms with Gasteiger partial charge in [-0.2, -0.15) is 0 Å². The molecular weight excluding hydrogens is 353 g/mol. The van der Waals surface area contributed by atoms with E-state index >= 15 is 0 Å². The van der Waals surface area contributed by atoms with Gasteiger partial charge in [-0.3, -0.25) is 4.79 Å². The fourth-order valence-electron chi connectivity index (χ4n) is 2.64. The monoisotopic (exact) mass is 365 g/mol. The highest BCUT2D eigenvalue weighted by molar-refractivity contribution is 7.17. The number of aromatic amines is 1. The van der Waals surface area contributed by atoms with Crippen LogP contribution in [-0.4, -0.2) is 10.1 Å². The van der Waals surface area contributed by atoms with Crippen LogP contribution in [0.3, 0.4) is 0 Å². The Kier molecular flexibility index (Phi) is 5.00. The molecule has 118 valence electrons. The minimum absolute atomic E-state index is 0. The van der Waals surface area contributed by atoms with Gasteiger partial charge in [0.2, 0.25) is 0 Å². The molecule has 0 amide bonds. The Morgan fingerprint density at radius 1 is 0.957 bits per heavy atom. The molecule has 23 heavy (non-hydrogen) atoms. The number of aromatic hydroxyl groups is 1. The largest absolute Gasteiger partial charge is 0.508 e. The number of pyridine rings is 1. The number of phenolic OH excluding ortho intramolecular Hbond substituents is 1. The van der Waals surface area contributed by atoms with Crippen LogP contribution in [0.4, 0.5) is 0 Å². The van der Waals surface area contributed by atoms with Crippen LogP contribution in [0.5, 0.6) is 5.75 Å². The van der Waals surface area contributed by atoms with Crippen molar-refractivity contribution in [1.29, 1.82) is 0 Å². The third kappa shape index (κ3) is 2.81. The number of para-hydroxylation sites is 1. The van der Waals surface area contributed by atoms with Crippen molar-refractivity contribution < 1.29 is 5.11 Å². The zero-order valence-electron chi connectivity index (χ0n) is 11.8. The van der Waals surface area contributed by atoms with Crippen molar-refractivity contribution in [2.45, 2.75) is 0 Å². The first-order chi connectivity index (χ1) is 10.2. The second-order valence-corrected chi connectivity index (χ2v) is 5.78. The summed E-state index contributed by atoms with van der Waals surface area (Å²) in [7, 11) is 0. The summed E-state index contributed by atoms with van der Waals surface area (Å²) in [5, 5.41) is 13.4. The minimum atomic E-state index is -0.0567. The molecule has 0 fully saturated rings. The zero-order valence-corrected chi connectivity index (χ0v) is 14.2. The molecule has 4 rings (SSSR count). The molecule has 3 nitrogen and oxygen atoms in total. The van der Waals surface area contributed by atoms with Gasteiger partial charge >= 0.3 is 0 Å². The molecule has 0 aliphatic carbocycles. The van der Waals surface area contributed by atoms with Gasteiger partial charge in [0.05, 0.1) is 0 Å². The number of halogens is 2. The van der Waals surface area contributed by atoms with E-state index in [9.17, 15) is 9.90 Å². The van der Waals surface area contributed by atoms with Gasteiger partial charge in [-0.05, 0) is 23.8 Å². The molecule has 6 heteroatoms. The van der Waals surface area contributed by atoms with Gasteiger partial charge in [-0.15, -0.1) is 36.2 Å². The third-order valence-electron chi connectivity index (χ3n) is 3.62. The first kappa shape index (κ1) is 17.3. The zero-order chi connectivity index (χ0) is 14.4. The van der Waals surface area contributed by atoms with Gasteiger partial charge in [0, 0.05) is 27.2 Å². The molecule has 0 saturated heterocycles. The fourth-order valence-corrected chi connectivity index (χ4v) is 3.62. The number of phenols is 1. The maximum atomic E-state index is 12.2. The first-order valence-electron chi connectivity index (χ1n) is 6.55. The summed E-state index contributed by atoms with van der Waals surface area (Å²) in [6, 6.07) is 14.9. The van der Waals surface area contributed by atoms with E-state index < -0.39 is 0 Å². The third-order valence-corrected chi connectivity index (χ3v) is 4.60. The average molecular weight is 366 g/mol. The maximum Gasteiger partial charge on any atom is 0.266 e. The molecule has 0 atom stereocenters. The summed E-state index contributed by atoms with van der Waals surface area (Å²) in [6.45, 7) is 0. The van der Waals surface area contributed by atoms with Crippen molar-refractivity contribution in [1.82, 2.24) is 4.98 Å². The van der Waals surface area contributed by atoms with Crippen LogP contribution >= 0.6 is 36.2 Å². The lowest BCUT2D eigenvalue weighted by Gasteiger charge is -2.04. The predicted octanol–water partition coefficient (Wildman–Crippen LogP) is 4.96. The fraction of sp³-hybridized carbons (Fsp3) is 0. The van der Waals surface area contributed by atoms with Crippen molar-refractivity contribution in [3.8, 4) is 16.9 Å². The van der Waals surface area contributed by atoms with Gasteiger partial charge in [-0.25, -0.2) is 0 Å². The van der Waals surface area contributed by atoms with Crippen LogP contribution in [0.2, 0.25) is 0 Å². The van der Waals surface area contributed by atoms with Crippen LogP contribution < -0.4 is 5.56 Å². The van der Waals surface area contributed by atoms with Crippen LogP contribution in [0.15, 0.2) is 58.7 Å². The number of thiophene rings is 1. The lowest BCUT2D eigenvalue weighted by molar-refractivity contribution is 0.475. The number of hydrogen-bond donors (Lipinski definition) is 2. The second kappa shape index (κ2) is 6.62. The van der Waals surface area contributed by atoms with Gasteiger partial charge < -0.3 is 10.1 Å². The first-order valence-corrected chi connectivity index (χ1v) is 7.43. The molecule has 0 saturated carbocycles. The molecule has 4 aromatic rings. The smallest absolute Gasteiger partial charge is 0.266 e. The van der Waals surface area contributed by atoms with Crippen LogP contribution in [0.1, 0.15) is 0 Å². The maximum absolute atomic E-state index is 12.2. The number of rotatable bonds is 1. The number of hydrogen-bond acceptors (Lipinski definition) is 3. The van der Waals surface area contributed by atoms with E-state index in [2.05, 4.69) is 4.98 Å². The van der Waals surface area contributed by atoms with Crippen molar-refractivity contribution in [2.75, 3.05) is 0 Å².